The Morgan fingerprint density at radius 1 is 0.684 bits per heavy atom. The van der Waals surface area contributed by atoms with Crippen LogP contribution in [0.3, 0.4) is 0 Å². The first kappa shape index (κ1) is 19.0. The highest BCUT2D eigenvalue weighted by Gasteiger charge is 2.03. The molecule has 0 spiro atoms. The molecule has 0 bridgehead atoms. The lowest BCUT2D eigenvalue weighted by atomic mass is 10.0. The maximum absolute atomic E-state index is 9.87. The van der Waals surface area contributed by atoms with Gasteiger partial charge >= 0.3 is 0 Å². The number of rotatable bonds is 15. The Bertz CT molecular complexity index is 156. The van der Waals surface area contributed by atoms with Gasteiger partial charge in [-0.25, -0.2) is 0 Å². The summed E-state index contributed by atoms with van der Waals surface area (Å²) in [5.74, 6) is 0. The second-order valence-electron chi connectivity index (χ2n) is 5.97. The van der Waals surface area contributed by atoms with E-state index in [0.717, 1.165) is 19.3 Å². The Morgan fingerprint density at radius 3 is 1.58 bits per heavy atom. The number of unbranched alkanes of at least 4 members (excludes halogenated alkanes) is 11. The molecule has 1 heteroatoms. The average molecular weight is 269 g/mol. The van der Waals surface area contributed by atoms with Gasteiger partial charge in [-0.3, -0.25) is 0 Å². The molecule has 0 saturated carbocycles. The van der Waals surface area contributed by atoms with E-state index in [-0.39, 0.29) is 6.10 Å². The molecule has 1 radical (unpaired) electrons. The van der Waals surface area contributed by atoms with Gasteiger partial charge in [0.2, 0.25) is 0 Å². The predicted molar refractivity (Wildman–Crippen MR) is 86.3 cm³/mol. The molecular weight excluding hydrogens is 232 g/mol. The summed E-state index contributed by atoms with van der Waals surface area (Å²) in [6, 6.07) is 0. The third kappa shape index (κ3) is 15.9. The molecule has 19 heavy (non-hydrogen) atoms. The van der Waals surface area contributed by atoms with Gasteiger partial charge in [-0.05, 0) is 12.8 Å². The van der Waals surface area contributed by atoms with Crippen LogP contribution in [0.15, 0.2) is 0 Å². The van der Waals surface area contributed by atoms with Crippen LogP contribution in [-0.2, 0) is 0 Å². The molecule has 115 valence electrons. The van der Waals surface area contributed by atoms with Crippen LogP contribution < -0.4 is 0 Å². The highest BCUT2D eigenvalue weighted by molar-refractivity contribution is 4.57. The summed E-state index contributed by atoms with van der Waals surface area (Å²) in [5.41, 5.74) is 0. The first-order chi connectivity index (χ1) is 9.31. The lowest BCUT2D eigenvalue weighted by molar-refractivity contribution is 0.147. The Hall–Kier alpha value is -0.0400. The molecule has 0 aliphatic carbocycles. The second kappa shape index (κ2) is 16.0. The predicted octanol–water partition coefficient (Wildman–Crippen LogP) is 6.05. The third-order valence-corrected chi connectivity index (χ3v) is 3.93. The Labute approximate surface area is 122 Å². The van der Waals surface area contributed by atoms with E-state index < -0.39 is 0 Å². The molecule has 1 nitrogen and oxygen atoms in total. The Morgan fingerprint density at radius 2 is 1.11 bits per heavy atom. The van der Waals surface area contributed by atoms with E-state index in [1.807, 2.05) is 0 Å². The number of aliphatic hydroxyl groups excluding tert-OH is 1. The summed E-state index contributed by atoms with van der Waals surface area (Å²) >= 11 is 0. The van der Waals surface area contributed by atoms with Crippen molar-refractivity contribution < 1.29 is 5.11 Å². The van der Waals surface area contributed by atoms with E-state index in [2.05, 4.69) is 13.8 Å². The van der Waals surface area contributed by atoms with Crippen LogP contribution in [0.5, 0.6) is 0 Å². The quantitative estimate of drug-likeness (QED) is 0.359. The van der Waals surface area contributed by atoms with Crippen molar-refractivity contribution in [2.24, 2.45) is 0 Å². The van der Waals surface area contributed by atoms with Crippen molar-refractivity contribution in [3.63, 3.8) is 0 Å². The van der Waals surface area contributed by atoms with Crippen molar-refractivity contribution in [1.29, 1.82) is 0 Å². The fourth-order valence-electron chi connectivity index (χ4n) is 2.57. The van der Waals surface area contributed by atoms with Gasteiger partial charge in [0.1, 0.15) is 0 Å². The number of hydrogen-bond donors (Lipinski definition) is 1. The smallest absolute Gasteiger partial charge is 0.0540 e. The SMILES string of the molecule is [CH2]CCCCCCC(O)CCCCCCCCCC. The normalized spacial score (nSPS) is 12.8. The fourth-order valence-corrected chi connectivity index (χ4v) is 2.57. The second-order valence-corrected chi connectivity index (χ2v) is 5.97. The van der Waals surface area contributed by atoms with Crippen LogP contribution in [0.25, 0.3) is 0 Å². The zero-order chi connectivity index (χ0) is 14.2. The molecule has 1 unspecified atom stereocenters. The molecule has 0 aromatic carbocycles. The summed E-state index contributed by atoms with van der Waals surface area (Å²) in [5, 5.41) is 9.87. The molecule has 1 atom stereocenters. The van der Waals surface area contributed by atoms with Crippen LogP contribution in [0, 0.1) is 6.92 Å². The van der Waals surface area contributed by atoms with Gasteiger partial charge in [0, 0.05) is 0 Å². The maximum atomic E-state index is 9.87. The summed E-state index contributed by atoms with van der Waals surface area (Å²) < 4.78 is 0. The van der Waals surface area contributed by atoms with E-state index in [9.17, 15) is 5.11 Å². The van der Waals surface area contributed by atoms with Crippen LogP contribution >= 0.6 is 0 Å². The lowest BCUT2D eigenvalue weighted by Crippen LogP contribution is -2.05. The molecule has 0 rings (SSSR count). The van der Waals surface area contributed by atoms with Crippen molar-refractivity contribution in [1.82, 2.24) is 0 Å². The van der Waals surface area contributed by atoms with Crippen LogP contribution in [0.4, 0.5) is 0 Å². The molecule has 0 saturated heterocycles. The van der Waals surface area contributed by atoms with Crippen LogP contribution in [0.1, 0.15) is 103 Å². The Balaban J connectivity index is 3.09. The van der Waals surface area contributed by atoms with Crippen LogP contribution in [-0.4, -0.2) is 11.2 Å². The number of aliphatic hydroxyl groups is 1. The highest BCUT2D eigenvalue weighted by atomic mass is 16.3. The summed E-state index contributed by atoms with van der Waals surface area (Å²) in [6.07, 6.45) is 18.9. The van der Waals surface area contributed by atoms with Crippen molar-refractivity contribution in [3.05, 3.63) is 6.92 Å². The first-order valence-electron chi connectivity index (χ1n) is 8.78. The van der Waals surface area contributed by atoms with Gasteiger partial charge in [-0.2, -0.15) is 0 Å². The molecule has 0 fully saturated rings. The lowest BCUT2D eigenvalue weighted by Gasteiger charge is -2.10. The van der Waals surface area contributed by atoms with E-state index in [1.165, 1.54) is 77.0 Å². The summed E-state index contributed by atoms with van der Waals surface area (Å²) in [6.45, 7) is 6.11. The minimum Gasteiger partial charge on any atom is -0.393 e. The fraction of sp³-hybridized carbons (Fsp3) is 0.944. The Kier molecular flexibility index (Phi) is 16.0. The van der Waals surface area contributed by atoms with Gasteiger partial charge in [-0.1, -0.05) is 97.3 Å². The topological polar surface area (TPSA) is 20.2 Å². The zero-order valence-electron chi connectivity index (χ0n) is 13.3. The zero-order valence-corrected chi connectivity index (χ0v) is 13.3. The van der Waals surface area contributed by atoms with E-state index >= 15 is 0 Å². The minimum absolute atomic E-state index is 0.0418. The molecule has 0 heterocycles. The standard InChI is InChI=1S/C18H37O/c1-3-5-7-9-10-11-13-15-17-18(19)16-14-12-8-6-4-2/h18-19H,2-17H2,1H3. The van der Waals surface area contributed by atoms with Crippen molar-refractivity contribution in [3.8, 4) is 0 Å². The highest BCUT2D eigenvalue weighted by Crippen LogP contribution is 2.14. The van der Waals surface area contributed by atoms with Gasteiger partial charge in [0.25, 0.3) is 0 Å². The van der Waals surface area contributed by atoms with Gasteiger partial charge in [-0.15, -0.1) is 0 Å². The monoisotopic (exact) mass is 269 g/mol. The molecule has 1 N–H and O–H groups in total. The summed E-state index contributed by atoms with van der Waals surface area (Å²) in [4.78, 5) is 0. The molecule has 0 aromatic rings. The third-order valence-electron chi connectivity index (χ3n) is 3.93. The number of hydrogen-bond acceptors (Lipinski definition) is 1. The average Bonchev–Trinajstić information content (AvgIpc) is 2.41. The van der Waals surface area contributed by atoms with Crippen LogP contribution in [0.2, 0.25) is 0 Å². The molecule has 0 amide bonds. The van der Waals surface area contributed by atoms with E-state index in [4.69, 9.17) is 0 Å². The van der Waals surface area contributed by atoms with E-state index in [1.54, 1.807) is 0 Å². The van der Waals surface area contributed by atoms with E-state index in [0.29, 0.717) is 0 Å². The molecular formula is C18H37O. The van der Waals surface area contributed by atoms with Crippen molar-refractivity contribution in [2.75, 3.05) is 0 Å². The molecule has 0 aliphatic rings. The minimum atomic E-state index is -0.0418. The van der Waals surface area contributed by atoms with Gasteiger partial charge in [0.15, 0.2) is 0 Å². The van der Waals surface area contributed by atoms with Crippen molar-refractivity contribution >= 4 is 0 Å². The van der Waals surface area contributed by atoms with Crippen molar-refractivity contribution in [2.45, 2.75) is 109 Å². The molecule has 0 aromatic heterocycles. The summed E-state index contributed by atoms with van der Waals surface area (Å²) in [7, 11) is 0. The van der Waals surface area contributed by atoms with Gasteiger partial charge < -0.3 is 5.11 Å². The largest absolute Gasteiger partial charge is 0.393 e. The first-order valence-corrected chi connectivity index (χ1v) is 8.78. The maximum Gasteiger partial charge on any atom is 0.0540 e. The van der Waals surface area contributed by atoms with Gasteiger partial charge in [0.05, 0.1) is 6.10 Å². The molecule has 0 aliphatic heterocycles.